The summed E-state index contributed by atoms with van der Waals surface area (Å²) < 4.78 is 10.5. The first-order valence-corrected chi connectivity index (χ1v) is 8.21. The molecule has 1 N–H and O–H groups in total. The molecule has 2 rings (SSSR count). The van der Waals surface area contributed by atoms with Crippen molar-refractivity contribution in [2.75, 3.05) is 12.4 Å². The minimum absolute atomic E-state index is 0.00797. The number of benzene rings is 2. The number of rotatable bonds is 7. The van der Waals surface area contributed by atoms with Crippen molar-refractivity contribution in [3.63, 3.8) is 0 Å². The second kappa shape index (κ2) is 8.33. The molecule has 0 heterocycles. The number of hydrogen-bond donors (Lipinski definition) is 1. The van der Waals surface area contributed by atoms with Crippen LogP contribution in [-0.4, -0.2) is 24.0 Å². The second-order valence-corrected chi connectivity index (χ2v) is 6.12. The van der Waals surface area contributed by atoms with Gasteiger partial charge in [-0.3, -0.25) is 14.9 Å². The lowest BCUT2D eigenvalue weighted by Crippen LogP contribution is -2.30. The number of nitrogens with zero attached hydrogens (tertiary/aromatic N) is 1. The largest absolute Gasteiger partial charge is 0.496 e. The number of nitrogens with one attached hydrogen (secondary N) is 1. The van der Waals surface area contributed by atoms with Gasteiger partial charge in [0.1, 0.15) is 5.75 Å². The maximum absolute atomic E-state index is 12.3. The van der Waals surface area contributed by atoms with Crippen LogP contribution in [0.2, 0.25) is 0 Å². The number of hydrogen-bond acceptors (Lipinski definition) is 5. The highest BCUT2D eigenvalue weighted by Gasteiger charge is 2.22. The van der Waals surface area contributed by atoms with Gasteiger partial charge in [-0.15, -0.1) is 0 Å². The van der Waals surface area contributed by atoms with Crippen molar-refractivity contribution in [3.8, 4) is 11.5 Å². The van der Waals surface area contributed by atoms with Gasteiger partial charge in [-0.05, 0) is 42.7 Å². The third kappa shape index (κ3) is 4.72. The number of nitro benzene ring substituents is 1. The van der Waals surface area contributed by atoms with Crippen LogP contribution < -0.4 is 14.8 Å². The SMILES string of the molecule is COc1ccc(OC(C)C(=O)Nc2ccc(C(C)C)cc2)c([N+](=O)[O-])c1. The summed E-state index contributed by atoms with van der Waals surface area (Å²) in [6.45, 7) is 5.71. The van der Waals surface area contributed by atoms with Gasteiger partial charge in [-0.2, -0.15) is 0 Å². The topological polar surface area (TPSA) is 90.7 Å². The van der Waals surface area contributed by atoms with Crippen molar-refractivity contribution in [3.05, 3.63) is 58.1 Å². The van der Waals surface area contributed by atoms with Crippen LogP contribution in [0, 0.1) is 10.1 Å². The molecule has 0 saturated carbocycles. The standard InChI is InChI=1S/C19H22N2O5/c1-12(2)14-5-7-15(8-6-14)20-19(22)13(3)26-18-10-9-16(25-4)11-17(18)21(23)24/h5-13H,1-4H3,(H,20,22). The third-order valence-corrected chi connectivity index (χ3v) is 3.88. The minimum atomic E-state index is -0.910. The Kier molecular flexibility index (Phi) is 6.16. The Morgan fingerprint density at radius 3 is 2.31 bits per heavy atom. The predicted molar refractivity (Wildman–Crippen MR) is 98.9 cm³/mol. The molecule has 2 aromatic rings. The highest BCUT2D eigenvalue weighted by atomic mass is 16.6. The van der Waals surface area contributed by atoms with Crippen LogP contribution in [0.1, 0.15) is 32.3 Å². The molecule has 1 amide bonds. The Balaban J connectivity index is 2.08. The average molecular weight is 358 g/mol. The Morgan fingerprint density at radius 1 is 1.12 bits per heavy atom. The molecule has 1 atom stereocenters. The van der Waals surface area contributed by atoms with Crippen LogP contribution in [0.25, 0.3) is 0 Å². The van der Waals surface area contributed by atoms with E-state index in [2.05, 4.69) is 19.2 Å². The van der Waals surface area contributed by atoms with Crippen molar-refractivity contribution in [2.45, 2.75) is 32.8 Å². The lowest BCUT2D eigenvalue weighted by Gasteiger charge is -2.15. The molecule has 0 aliphatic rings. The zero-order chi connectivity index (χ0) is 19.3. The van der Waals surface area contributed by atoms with E-state index in [0.717, 1.165) is 0 Å². The Labute approximate surface area is 152 Å². The average Bonchev–Trinajstić information content (AvgIpc) is 2.62. The lowest BCUT2D eigenvalue weighted by molar-refractivity contribution is -0.386. The Bertz CT molecular complexity index is 787. The Hall–Kier alpha value is -3.09. The molecule has 0 spiro atoms. The van der Waals surface area contributed by atoms with Crippen molar-refractivity contribution in [2.24, 2.45) is 0 Å². The number of anilines is 1. The lowest BCUT2D eigenvalue weighted by atomic mass is 10.0. The molecule has 0 aromatic heterocycles. The first kappa shape index (κ1) is 19.2. The molecule has 0 saturated heterocycles. The van der Waals surface area contributed by atoms with Crippen LogP contribution in [0.3, 0.4) is 0 Å². The molecular formula is C19H22N2O5. The van der Waals surface area contributed by atoms with Gasteiger partial charge in [-0.25, -0.2) is 0 Å². The van der Waals surface area contributed by atoms with Crippen LogP contribution in [0.4, 0.5) is 11.4 Å². The van der Waals surface area contributed by atoms with Crippen molar-refractivity contribution in [1.29, 1.82) is 0 Å². The normalized spacial score (nSPS) is 11.7. The fourth-order valence-corrected chi connectivity index (χ4v) is 2.31. The smallest absolute Gasteiger partial charge is 0.314 e. The van der Waals surface area contributed by atoms with E-state index in [0.29, 0.717) is 17.4 Å². The van der Waals surface area contributed by atoms with E-state index in [-0.39, 0.29) is 11.4 Å². The monoisotopic (exact) mass is 358 g/mol. The van der Waals surface area contributed by atoms with Gasteiger partial charge in [0.15, 0.2) is 11.9 Å². The summed E-state index contributed by atoms with van der Waals surface area (Å²) in [6, 6.07) is 11.7. The zero-order valence-corrected chi connectivity index (χ0v) is 15.2. The van der Waals surface area contributed by atoms with Crippen molar-refractivity contribution >= 4 is 17.3 Å². The molecule has 1 unspecified atom stereocenters. The van der Waals surface area contributed by atoms with E-state index >= 15 is 0 Å². The van der Waals surface area contributed by atoms with E-state index in [4.69, 9.17) is 9.47 Å². The van der Waals surface area contributed by atoms with Crippen LogP contribution in [0.5, 0.6) is 11.5 Å². The minimum Gasteiger partial charge on any atom is -0.496 e. The molecule has 0 aliphatic heterocycles. The molecule has 138 valence electrons. The van der Waals surface area contributed by atoms with Crippen LogP contribution in [0.15, 0.2) is 42.5 Å². The summed E-state index contributed by atoms with van der Waals surface area (Å²) in [6.07, 6.45) is -0.910. The summed E-state index contributed by atoms with van der Waals surface area (Å²) in [5, 5.41) is 13.9. The molecule has 0 bridgehead atoms. The second-order valence-electron chi connectivity index (χ2n) is 6.12. The number of nitro groups is 1. The Morgan fingerprint density at radius 2 is 1.77 bits per heavy atom. The molecule has 2 aromatic carbocycles. The molecule has 7 heteroatoms. The molecule has 0 radical (unpaired) electrons. The quantitative estimate of drug-likeness (QED) is 0.593. The number of methoxy groups -OCH3 is 1. The number of carbonyl (C=O) groups excluding carboxylic acids is 1. The molecular weight excluding hydrogens is 336 g/mol. The first-order chi connectivity index (χ1) is 12.3. The van der Waals surface area contributed by atoms with E-state index in [1.54, 1.807) is 0 Å². The first-order valence-electron chi connectivity index (χ1n) is 8.21. The van der Waals surface area contributed by atoms with Gasteiger partial charge in [0.25, 0.3) is 5.91 Å². The molecule has 26 heavy (non-hydrogen) atoms. The fraction of sp³-hybridized carbons (Fsp3) is 0.316. The summed E-state index contributed by atoms with van der Waals surface area (Å²) in [5.74, 6) is 0.352. The zero-order valence-electron chi connectivity index (χ0n) is 15.2. The van der Waals surface area contributed by atoms with E-state index in [9.17, 15) is 14.9 Å². The predicted octanol–water partition coefficient (Wildman–Crippen LogP) is 4.13. The highest BCUT2D eigenvalue weighted by molar-refractivity contribution is 5.94. The summed E-state index contributed by atoms with van der Waals surface area (Å²) in [4.78, 5) is 22.9. The number of carbonyl (C=O) groups is 1. The highest BCUT2D eigenvalue weighted by Crippen LogP contribution is 2.31. The maximum atomic E-state index is 12.3. The maximum Gasteiger partial charge on any atom is 0.314 e. The van der Waals surface area contributed by atoms with E-state index in [1.165, 1.54) is 37.8 Å². The summed E-state index contributed by atoms with van der Waals surface area (Å²) in [5.41, 5.74) is 1.55. The molecule has 0 fully saturated rings. The van der Waals surface area contributed by atoms with Crippen molar-refractivity contribution in [1.82, 2.24) is 0 Å². The van der Waals surface area contributed by atoms with Gasteiger partial charge in [0.05, 0.1) is 18.1 Å². The van der Waals surface area contributed by atoms with Crippen molar-refractivity contribution < 1.29 is 19.2 Å². The van der Waals surface area contributed by atoms with Gasteiger partial charge < -0.3 is 14.8 Å². The number of amides is 1. The van der Waals surface area contributed by atoms with Gasteiger partial charge in [0.2, 0.25) is 0 Å². The third-order valence-electron chi connectivity index (χ3n) is 3.88. The fourth-order valence-electron chi connectivity index (χ4n) is 2.31. The van der Waals surface area contributed by atoms with Crippen LogP contribution >= 0.6 is 0 Å². The van der Waals surface area contributed by atoms with Crippen LogP contribution in [-0.2, 0) is 4.79 Å². The number of ether oxygens (including phenoxy) is 2. The van der Waals surface area contributed by atoms with E-state index < -0.39 is 16.9 Å². The van der Waals surface area contributed by atoms with Gasteiger partial charge in [-0.1, -0.05) is 26.0 Å². The molecule has 0 aliphatic carbocycles. The van der Waals surface area contributed by atoms with Gasteiger partial charge >= 0.3 is 5.69 Å². The van der Waals surface area contributed by atoms with E-state index in [1.807, 2.05) is 24.3 Å². The summed E-state index contributed by atoms with van der Waals surface area (Å²) in [7, 11) is 1.42. The van der Waals surface area contributed by atoms with Gasteiger partial charge in [0, 0.05) is 5.69 Å². The molecule has 7 nitrogen and oxygen atoms in total. The summed E-state index contributed by atoms with van der Waals surface area (Å²) >= 11 is 0.